The Kier molecular flexibility index (Phi) is 2.82. The van der Waals surface area contributed by atoms with Crippen LogP contribution in [0.1, 0.15) is 6.92 Å². The lowest BCUT2D eigenvalue weighted by Gasteiger charge is -2.26. The van der Waals surface area contributed by atoms with E-state index in [1.165, 1.54) is 0 Å². The van der Waals surface area contributed by atoms with Crippen LogP contribution in [0.2, 0.25) is 0 Å². The van der Waals surface area contributed by atoms with Gasteiger partial charge in [0.05, 0.1) is 18.8 Å². The molecular formula is C9H13N5O3. The van der Waals surface area contributed by atoms with Crippen molar-refractivity contribution in [3.63, 3.8) is 0 Å². The SMILES string of the molecule is CC(CO)(CO)Nc1ccc2n[nH]c(=O)n2n1. The van der Waals surface area contributed by atoms with Crippen LogP contribution in [-0.2, 0) is 0 Å². The number of fused-ring (bicyclic) bond motifs is 1. The van der Waals surface area contributed by atoms with Crippen molar-refractivity contribution in [2.75, 3.05) is 18.5 Å². The van der Waals surface area contributed by atoms with E-state index in [1.807, 2.05) is 0 Å². The molecule has 4 N–H and O–H groups in total. The molecule has 0 aliphatic carbocycles. The standard InChI is InChI=1S/C9H13N5O3/c1-9(4-15,5-16)10-6-2-3-7-11-12-8(17)14(7)13-6/h2-3,15-16H,4-5H2,1H3,(H,10,13)(H,12,17). The Balaban J connectivity index is 2.36. The molecule has 2 aromatic heterocycles. The van der Waals surface area contributed by atoms with E-state index in [0.717, 1.165) is 4.52 Å². The first kappa shape index (κ1) is 11.6. The van der Waals surface area contributed by atoms with Crippen molar-refractivity contribution in [2.45, 2.75) is 12.5 Å². The number of aliphatic hydroxyl groups excluding tert-OH is 2. The van der Waals surface area contributed by atoms with Gasteiger partial charge in [-0.1, -0.05) is 0 Å². The largest absolute Gasteiger partial charge is 0.394 e. The summed E-state index contributed by atoms with van der Waals surface area (Å²) in [6.07, 6.45) is 0. The zero-order valence-electron chi connectivity index (χ0n) is 9.21. The highest BCUT2D eigenvalue weighted by molar-refractivity contribution is 5.44. The van der Waals surface area contributed by atoms with Gasteiger partial charge in [0.15, 0.2) is 5.65 Å². The maximum atomic E-state index is 11.3. The second-order valence-corrected chi connectivity index (χ2v) is 4.02. The number of H-pyrrole nitrogens is 1. The van der Waals surface area contributed by atoms with E-state index in [0.29, 0.717) is 11.5 Å². The van der Waals surface area contributed by atoms with Crippen LogP contribution in [0.5, 0.6) is 0 Å². The van der Waals surface area contributed by atoms with Gasteiger partial charge in [-0.25, -0.2) is 9.89 Å². The van der Waals surface area contributed by atoms with E-state index in [9.17, 15) is 4.79 Å². The lowest BCUT2D eigenvalue weighted by molar-refractivity contribution is 0.147. The van der Waals surface area contributed by atoms with Crippen LogP contribution >= 0.6 is 0 Å². The zero-order chi connectivity index (χ0) is 12.5. The molecule has 0 fully saturated rings. The van der Waals surface area contributed by atoms with Crippen LogP contribution in [0, 0.1) is 0 Å². The fraction of sp³-hybridized carbons (Fsp3) is 0.444. The van der Waals surface area contributed by atoms with Gasteiger partial charge in [0, 0.05) is 0 Å². The van der Waals surface area contributed by atoms with Crippen LogP contribution in [0.4, 0.5) is 5.82 Å². The van der Waals surface area contributed by atoms with Gasteiger partial charge in [-0.3, -0.25) is 0 Å². The Morgan fingerprint density at radius 3 is 2.82 bits per heavy atom. The molecule has 0 aromatic carbocycles. The van der Waals surface area contributed by atoms with E-state index in [2.05, 4.69) is 20.6 Å². The van der Waals surface area contributed by atoms with E-state index >= 15 is 0 Å². The molecule has 0 aliphatic heterocycles. The molecule has 8 nitrogen and oxygen atoms in total. The number of rotatable bonds is 4. The van der Waals surface area contributed by atoms with Crippen molar-refractivity contribution < 1.29 is 10.2 Å². The fourth-order valence-corrected chi connectivity index (χ4v) is 1.31. The number of nitrogens with one attached hydrogen (secondary N) is 2. The second kappa shape index (κ2) is 4.15. The Morgan fingerprint density at radius 1 is 1.47 bits per heavy atom. The van der Waals surface area contributed by atoms with Gasteiger partial charge in [0.25, 0.3) is 0 Å². The van der Waals surface area contributed by atoms with E-state index in [-0.39, 0.29) is 13.2 Å². The van der Waals surface area contributed by atoms with Crippen molar-refractivity contribution in [1.29, 1.82) is 0 Å². The topological polar surface area (TPSA) is 116 Å². The molecule has 92 valence electrons. The first-order valence-electron chi connectivity index (χ1n) is 5.02. The zero-order valence-corrected chi connectivity index (χ0v) is 9.21. The monoisotopic (exact) mass is 239 g/mol. The molecule has 0 aliphatic rings. The minimum atomic E-state index is -0.895. The Labute approximate surface area is 95.9 Å². The molecule has 2 aromatic rings. The maximum absolute atomic E-state index is 11.3. The van der Waals surface area contributed by atoms with Crippen LogP contribution in [0.3, 0.4) is 0 Å². The number of hydrogen-bond donors (Lipinski definition) is 4. The summed E-state index contributed by atoms with van der Waals surface area (Å²) in [4.78, 5) is 11.3. The summed E-state index contributed by atoms with van der Waals surface area (Å²) in [7, 11) is 0. The van der Waals surface area contributed by atoms with Gasteiger partial charge in [-0.15, -0.1) is 5.10 Å². The summed E-state index contributed by atoms with van der Waals surface area (Å²) in [6.45, 7) is 1.12. The molecule has 0 saturated carbocycles. The molecule has 0 unspecified atom stereocenters. The molecule has 17 heavy (non-hydrogen) atoms. The third-order valence-electron chi connectivity index (χ3n) is 2.40. The number of hydrogen-bond acceptors (Lipinski definition) is 6. The first-order valence-corrected chi connectivity index (χ1v) is 5.02. The maximum Gasteiger partial charge on any atom is 0.364 e. The Hall–Kier alpha value is -1.93. The molecule has 0 saturated heterocycles. The van der Waals surface area contributed by atoms with Crippen molar-refractivity contribution in [3.05, 3.63) is 22.6 Å². The summed E-state index contributed by atoms with van der Waals surface area (Å²) in [6, 6.07) is 3.21. The second-order valence-electron chi connectivity index (χ2n) is 4.02. The van der Waals surface area contributed by atoms with Crippen molar-refractivity contribution in [1.82, 2.24) is 19.8 Å². The van der Waals surface area contributed by atoms with E-state index < -0.39 is 11.2 Å². The molecule has 8 heteroatoms. The van der Waals surface area contributed by atoms with Gasteiger partial charge >= 0.3 is 5.69 Å². The first-order chi connectivity index (χ1) is 8.08. The average Bonchev–Trinajstić information content (AvgIpc) is 2.71. The molecule has 0 radical (unpaired) electrons. The fourth-order valence-electron chi connectivity index (χ4n) is 1.31. The van der Waals surface area contributed by atoms with Crippen molar-refractivity contribution in [2.24, 2.45) is 0 Å². The molecule has 2 rings (SSSR count). The molecule has 0 atom stereocenters. The minimum Gasteiger partial charge on any atom is -0.394 e. The van der Waals surface area contributed by atoms with Crippen molar-refractivity contribution in [3.8, 4) is 0 Å². The molecule has 0 amide bonds. The van der Waals surface area contributed by atoms with Gasteiger partial charge < -0.3 is 15.5 Å². The van der Waals surface area contributed by atoms with Gasteiger partial charge in [-0.05, 0) is 19.1 Å². The highest BCUT2D eigenvalue weighted by Gasteiger charge is 2.22. The number of nitrogens with zero attached hydrogens (tertiary/aromatic N) is 3. The quantitative estimate of drug-likeness (QED) is 0.520. The molecule has 0 bridgehead atoms. The Morgan fingerprint density at radius 2 is 2.18 bits per heavy atom. The van der Waals surface area contributed by atoms with Gasteiger partial charge in [0.2, 0.25) is 0 Å². The molecule has 0 spiro atoms. The highest BCUT2D eigenvalue weighted by Crippen LogP contribution is 2.11. The van der Waals surface area contributed by atoms with E-state index in [4.69, 9.17) is 10.2 Å². The van der Waals surface area contributed by atoms with E-state index in [1.54, 1.807) is 19.1 Å². The predicted molar refractivity (Wildman–Crippen MR) is 59.8 cm³/mol. The number of anilines is 1. The summed E-state index contributed by atoms with van der Waals surface area (Å²) in [5.41, 5.74) is -0.942. The number of aromatic nitrogens is 4. The third kappa shape index (κ3) is 2.12. The molecular weight excluding hydrogens is 226 g/mol. The summed E-state index contributed by atoms with van der Waals surface area (Å²) >= 11 is 0. The molecule has 2 heterocycles. The third-order valence-corrected chi connectivity index (χ3v) is 2.40. The average molecular weight is 239 g/mol. The van der Waals surface area contributed by atoms with Gasteiger partial charge in [-0.2, -0.15) is 9.61 Å². The summed E-state index contributed by atoms with van der Waals surface area (Å²) < 4.78 is 1.09. The normalized spacial score (nSPS) is 11.9. The van der Waals surface area contributed by atoms with Gasteiger partial charge in [0.1, 0.15) is 5.82 Å². The van der Waals surface area contributed by atoms with Crippen LogP contribution < -0.4 is 11.0 Å². The highest BCUT2D eigenvalue weighted by atomic mass is 16.3. The lowest BCUT2D eigenvalue weighted by atomic mass is 10.1. The summed E-state index contributed by atoms with van der Waals surface area (Å²) in [5.74, 6) is 0.367. The lowest BCUT2D eigenvalue weighted by Crippen LogP contribution is -2.43. The summed E-state index contributed by atoms with van der Waals surface area (Å²) in [5, 5.41) is 31.1. The predicted octanol–water partition coefficient (Wildman–Crippen LogP) is -1.43. The number of aromatic amines is 1. The van der Waals surface area contributed by atoms with Crippen LogP contribution in [-0.4, -0.2) is 48.8 Å². The number of aliphatic hydroxyl groups is 2. The minimum absolute atomic E-state index is 0.260. The Bertz CT molecular complexity index is 571. The van der Waals surface area contributed by atoms with Crippen LogP contribution in [0.15, 0.2) is 16.9 Å². The van der Waals surface area contributed by atoms with Crippen LogP contribution in [0.25, 0.3) is 5.65 Å². The smallest absolute Gasteiger partial charge is 0.364 e. The van der Waals surface area contributed by atoms with Crippen molar-refractivity contribution >= 4 is 11.5 Å².